The Morgan fingerprint density at radius 3 is 2.12 bits per heavy atom. The van der Waals surface area contributed by atoms with E-state index in [4.69, 9.17) is 16.3 Å². The van der Waals surface area contributed by atoms with Crippen molar-refractivity contribution in [2.75, 3.05) is 26.2 Å². The monoisotopic (exact) mass is 372 g/mol. The second-order valence-electron chi connectivity index (χ2n) is 6.80. The summed E-state index contributed by atoms with van der Waals surface area (Å²) in [6.45, 7) is 7.19. The molecule has 2 atom stereocenters. The van der Waals surface area contributed by atoms with Gasteiger partial charge in [-0.2, -0.15) is 4.31 Å². The fraction of sp³-hybridized carbons (Fsp3) is 0.647. The van der Waals surface area contributed by atoms with E-state index in [1.165, 1.54) is 0 Å². The van der Waals surface area contributed by atoms with Crippen LogP contribution < -0.4 is 0 Å². The van der Waals surface area contributed by atoms with Gasteiger partial charge < -0.3 is 4.74 Å². The number of benzene rings is 1. The van der Waals surface area contributed by atoms with Gasteiger partial charge in [0.2, 0.25) is 10.0 Å². The third-order valence-electron chi connectivity index (χ3n) is 4.84. The minimum absolute atomic E-state index is 0.240. The van der Waals surface area contributed by atoms with Gasteiger partial charge in [0.05, 0.1) is 17.1 Å². The predicted octanol–water partition coefficient (Wildman–Crippen LogP) is 2.60. The van der Waals surface area contributed by atoms with Crippen LogP contribution in [0.2, 0.25) is 5.02 Å². The molecule has 1 aromatic carbocycles. The van der Waals surface area contributed by atoms with Gasteiger partial charge in [0.15, 0.2) is 0 Å². The molecule has 2 heterocycles. The zero-order valence-corrected chi connectivity index (χ0v) is 15.8. The van der Waals surface area contributed by atoms with Gasteiger partial charge in [-0.3, -0.25) is 4.90 Å². The zero-order chi connectivity index (χ0) is 17.3. The van der Waals surface area contributed by atoms with E-state index in [1.54, 1.807) is 28.6 Å². The molecule has 2 saturated heterocycles. The molecular weight excluding hydrogens is 348 g/mol. The first-order valence-corrected chi connectivity index (χ1v) is 10.3. The molecule has 2 unspecified atom stereocenters. The number of ether oxygens (including phenoxy) is 1. The Hall–Kier alpha value is -0.660. The lowest BCUT2D eigenvalue weighted by molar-refractivity contribution is -0.0847. The average molecular weight is 373 g/mol. The highest BCUT2D eigenvalue weighted by molar-refractivity contribution is 7.89. The summed E-state index contributed by atoms with van der Waals surface area (Å²) in [6.07, 6.45) is 2.22. The molecule has 3 rings (SSSR count). The summed E-state index contributed by atoms with van der Waals surface area (Å²) in [7, 11) is -3.42. The largest absolute Gasteiger partial charge is 0.373 e. The topological polar surface area (TPSA) is 49.9 Å². The van der Waals surface area contributed by atoms with Crippen molar-refractivity contribution in [2.24, 2.45) is 0 Å². The van der Waals surface area contributed by atoms with Gasteiger partial charge in [-0.05, 0) is 51.0 Å². The lowest BCUT2D eigenvalue weighted by Gasteiger charge is -2.43. The van der Waals surface area contributed by atoms with Crippen molar-refractivity contribution in [1.82, 2.24) is 9.21 Å². The Bertz CT molecular complexity index is 647. The first-order chi connectivity index (χ1) is 11.4. The molecule has 7 heteroatoms. The molecule has 2 aliphatic heterocycles. The first kappa shape index (κ1) is 18.1. The Morgan fingerprint density at radius 2 is 1.58 bits per heavy atom. The van der Waals surface area contributed by atoms with E-state index >= 15 is 0 Å². The van der Waals surface area contributed by atoms with E-state index in [9.17, 15) is 8.42 Å². The third-order valence-corrected chi connectivity index (χ3v) is 7.00. The van der Waals surface area contributed by atoms with Gasteiger partial charge >= 0.3 is 0 Å². The molecule has 5 nitrogen and oxygen atoms in total. The zero-order valence-electron chi connectivity index (χ0n) is 14.2. The second-order valence-corrected chi connectivity index (χ2v) is 9.17. The van der Waals surface area contributed by atoms with Gasteiger partial charge in [0, 0.05) is 37.2 Å². The predicted molar refractivity (Wildman–Crippen MR) is 94.8 cm³/mol. The molecule has 0 saturated carbocycles. The van der Waals surface area contributed by atoms with Gasteiger partial charge in [0.1, 0.15) is 0 Å². The van der Waals surface area contributed by atoms with Crippen molar-refractivity contribution in [3.05, 3.63) is 29.3 Å². The van der Waals surface area contributed by atoms with Crippen LogP contribution in [-0.2, 0) is 14.8 Å². The van der Waals surface area contributed by atoms with E-state index in [1.807, 2.05) is 0 Å². The fourth-order valence-electron chi connectivity index (χ4n) is 3.72. The number of morpholine rings is 1. The van der Waals surface area contributed by atoms with Crippen LogP contribution in [0.3, 0.4) is 0 Å². The molecule has 0 N–H and O–H groups in total. The number of piperidine rings is 1. The lowest BCUT2D eigenvalue weighted by Crippen LogP contribution is -2.53. The quantitative estimate of drug-likeness (QED) is 0.818. The van der Waals surface area contributed by atoms with Crippen LogP contribution in [0.5, 0.6) is 0 Å². The van der Waals surface area contributed by atoms with Gasteiger partial charge in [-0.15, -0.1) is 0 Å². The van der Waals surface area contributed by atoms with E-state index in [0.29, 0.717) is 29.0 Å². The van der Waals surface area contributed by atoms with Crippen LogP contribution in [0.15, 0.2) is 29.2 Å². The van der Waals surface area contributed by atoms with Crippen molar-refractivity contribution in [1.29, 1.82) is 0 Å². The highest BCUT2D eigenvalue weighted by Crippen LogP contribution is 2.26. The minimum Gasteiger partial charge on any atom is -0.373 e. The number of rotatable bonds is 3. The maximum absolute atomic E-state index is 12.7. The summed E-state index contributed by atoms with van der Waals surface area (Å²) in [4.78, 5) is 2.78. The Labute approximate surface area is 149 Å². The molecule has 2 fully saturated rings. The maximum Gasteiger partial charge on any atom is 0.243 e. The van der Waals surface area contributed by atoms with Crippen LogP contribution in [-0.4, -0.2) is 62.1 Å². The molecule has 0 bridgehead atoms. The Balaban J connectivity index is 1.63. The van der Waals surface area contributed by atoms with Crippen molar-refractivity contribution < 1.29 is 13.2 Å². The summed E-state index contributed by atoms with van der Waals surface area (Å²) in [5.41, 5.74) is 0. The molecule has 0 spiro atoms. The van der Waals surface area contributed by atoms with Gasteiger partial charge in [0.25, 0.3) is 0 Å². The molecule has 0 amide bonds. The number of hydrogen-bond donors (Lipinski definition) is 0. The molecule has 0 radical (unpaired) electrons. The van der Waals surface area contributed by atoms with Crippen molar-refractivity contribution in [2.45, 2.75) is 49.8 Å². The number of hydrogen-bond acceptors (Lipinski definition) is 4. The highest BCUT2D eigenvalue weighted by atomic mass is 35.5. The molecule has 0 aromatic heterocycles. The number of nitrogens with zero attached hydrogens (tertiary/aromatic N) is 2. The molecule has 2 aliphatic rings. The van der Waals surface area contributed by atoms with Crippen LogP contribution >= 0.6 is 11.6 Å². The molecule has 1 aromatic rings. The Kier molecular flexibility index (Phi) is 5.52. The van der Waals surface area contributed by atoms with Crippen LogP contribution in [0.4, 0.5) is 0 Å². The van der Waals surface area contributed by atoms with Crippen LogP contribution in [0.1, 0.15) is 26.7 Å². The molecule has 0 aliphatic carbocycles. The second kappa shape index (κ2) is 7.30. The summed E-state index contributed by atoms with van der Waals surface area (Å²) >= 11 is 5.85. The SMILES string of the molecule is CC1CN(C2CCN(S(=O)(=O)c3ccc(Cl)cc3)CC2)CC(C)O1. The van der Waals surface area contributed by atoms with E-state index in [2.05, 4.69) is 18.7 Å². The van der Waals surface area contributed by atoms with Crippen molar-refractivity contribution in [3.8, 4) is 0 Å². The average Bonchev–Trinajstić information content (AvgIpc) is 2.54. The smallest absolute Gasteiger partial charge is 0.243 e. The van der Waals surface area contributed by atoms with Crippen LogP contribution in [0.25, 0.3) is 0 Å². The lowest BCUT2D eigenvalue weighted by atomic mass is 10.0. The van der Waals surface area contributed by atoms with Gasteiger partial charge in [-0.25, -0.2) is 8.42 Å². The summed E-state index contributed by atoms with van der Waals surface area (Å²) in [5, 5.41) is 0.545. The third kappa shape index (κ3) is 3.94. The Morgan fingerprint density at radius 1 is 1.04 bits per heavy atom. The van der Waals surface area contributed by atoms with Gasteiger partial charge in [-0.1, -0.05) is 11.6 Å². The first-order valence-electron chi connectivity index (χ1n) is 8.51. The van der Waals surface area contributed by atoms with E-state index < -0.39 is 10.0 Å². The van der Waals surface area contributed by atoms with E-state index in [0.717, 1.165) is 25.9 Å². The maximum atomic E-state index is 12.7. The highest BCUT2D eigenvalue weighted by Gasteiger charge is 2.34. The molecular formula is C17H25ClN2O3S. The summed E-state index contributed by atoms with van der Waals surface area (Å²) in [6, 6.07) is 6.84. The van der Waals surface area contributed by atoms with Crippen molar-refractivity contribution >= 4 is 21.6 Å². The number of halogens is 1. The van der Waals surface area contributed by atoms with Crippen LogP contribution in [0, 0.1) is 0 Å². The normalized spacial score (nSPS) is 28.1. The van der Waals surface area contributed by atoms with Crippen molar-refractivity contribution in [3.63, 3.8) is 0 Å². The van der Waals surface area contributed by atoms with E-state index in [-0.39, 0.29) is 12.2 Å². The number of sulfonamides is 1. The molecule has 134 valence electrons. The summed E-state index contributed by atoms with van der Waals surface area (Å²) in [5.74, 6) is 0. The molecule has 24 heavy (non-hydrogen) atoms. The summed E-state index contributed by atoms with van der Waals surface area (Å²) < 4.78 is 32.9. The standard InChI is InChI=1S/C17H25ClN2O3S/c1-13-11-19(12-14(2)23-13)16-7-9-20(10-8-16)24(21,22)17-5-3-15(18)4-6-17/h3-6,13-14,16H,7-12H2,1-2H3. The fourth-order valence-corrected chi connectivity index (χ4v) is 5.31. The minimum atomic E-state index is -3.42.